The van der Waals surface area contributed by atoms with E-state index >= 15 is 0 Å². The first-order valence-electron chi connectivity index (χ1n) is 8.43. The van der Waals surface area contributed by atoms with Crippen molar-refractivity contribution in [3.63, 3.8) is 0 Å². The maximum atomic E-state index is 14.0. The molecule has 1 heterocycles. The number of hydrogen-bond acceptors (Lipinski definition) is 3. The molecule has 25 heavy (non-hydrogen) atoms. The average Bonchev–Trinajstić information content (AvgIpc) is 2.70. The highest BCUT2D eigenvalue weighted by Crippen LogP contribution is 2.17. The zero-order chi connectivity index (χ0) is 18.6. The van der Waals surface area contributed by atoms with Crippen molar-refractivity contribution in [2.75, 3.05) is 32.7 Å². The summed E-state index contributed by atoms with van der Waals surface area (Å²) in [7, 11) is 0. The van der Waals surface area contributed by atoms with Crippen LogP contribution in [0.25, 0.3) is 0 Å². The summed E-state index contributed by atoms with van der Waals surface area (Å²) >= 11 is 5.74. The van der Waals surface area contributed by atoms with Crippen molar-refractivity contribution in [2.24, 2.45) is 0 Å². The van der Waals surface area contributed by atoms with E-state index < -0.39 is 5.82 Å². The lowest BCUT2D eigenvalue weighted by atomic mass is 10.1. The van der Waals surface area contributed by atoms with Gasteiger partial charge in [0.05, 0.1) is 12.1 Å². The Labute approximate surface area is 153 Å². The monoisotopic (exact) mass is 369 g/mol. The normalized spacial score (nSPS) is 16.4. The molecule has 1 N–H and O–H groups in total. The zero-order valence-corrected chi connectivity index (χ0v) is 15.7. The van der Waals surface area contributed by atoms with Gasteiger partial charge in [0.1, 0.15) is 5.82 Å². The second-order valence-electron chi connectivity index (χ2n) is 7.34. The van der Waals surface area contributed by atoms with Crippen LogP contribution in [0.1, 0.15) is 37.6 Å². The molecule has 1 fully saturated rings. The highest BCUT2D eigenvalue weighted by Gasteiger charge is 2.24. The zero-order valence-electron chi connectivity index (χ0n) is 14.9. The lowest BCUT2D eigenvalue weighted by Gasteiger charge is -2.25. The van der Waals surface area contributed by atoms with Gasteiger partial charge >= 0.3 is 0 Å². The molecule has 1 aromatic carbocycles. The highest BCUT2D eigenvalue weighted by atomic mass is 35.5. The first-order chi connectivity index (χ1) is 11.7. The van der Waals surface area contributed by atoms with Crippen molar-refractivity contribution in [3.05, 3.63) is 34.6 Å². The number of carbonyl (C=O) groups is 2. The van der Waals surface area contributed by atoms with Crippen molar-refractivity contribution < 1.29 is 14.0 Å². The van der Waals surface area contributed by atoms with Gasteiger partial charge in [0.25, 0.3) is 5.91 Å². The van der Waals surface area contributed by atoms with Gasteiger partial charge in [-0.05, 0) is 45.4 Å². The van der Waals surface area contributed by atoms with Gasteiger partial charge in [-0.2, -0.15) is 0 Å². The number of rotatable bonds is 3. The number of hydrogen-bond donors (Lipinski definition) is 1. The Morgan fingerprint density at radius 3 is 2.56 bits per heavy atom. The summed E-state index contributed by atoms with van der Waals surface area (Å²) < 4.78 is 14.0. The van der Waals surface area contributed by atoms with E-state index in [9.17, 15) is 14.0 Å². The van der Waals surface area contributed by atoms with Crippen LogP contribution in [0.5, 0.6) is 0 Å². The standard InChI is InChI=1S/C18H25ClFN3O2/c1-18(2,3)21-16(24)12-22-7-4-8-23(10-9-22)17(25)14-6-5-13(19)11-15(14)20/h5-6,11H,4,7-10,12H2,1-3H3,(H,21,24). The topological polar surface area (TPSA) is 52.7 Å². The number of nitrogens with one attached hydrogen (secondary N) is 1. The first-order valence-corrected chi connectivity index (χ1v) is 8.81. The van der Waals surface area contributed by atoms with Crippen molar-refractivity contribution in [1.82, 2.24) is 15.1 Å². The number of amides is 2. The van der Waals surface area contributed by atoms with Crippen LogP contribution in [-0.2, 0) is 4.79 Å². The minimum atomic E-state index is -0.608. The van der Waals surface area contributed by atoms with Crippen LogP contribution in [0.2, 0.25) is 5.02 Å². The third-order valence-electron chi connectivity index (χ3n) is 3.92. The second kappa shape index (κ2) is 8.15. The summed E-state index contributed by atoms with van der Waals surface area (Å²) in [5.41, 5.74) is -0.236. The molecule has 0 aromatic heterocycles. The molecule has 1 aliphatic heterocycles. The molecule has 1 saturated heterocycles. The third-order valence-corrected chi connectivity index (χ3v) is 4.15. The summed E-state index contributed by atoms with van der Waals surface area (Å²) in [6, 6.07) is 4.08. The Morgan fingerprint density at radius 1 is 1.20 bits per heavy atom. The van der Waals surface area contributed by atoms with E-state index in [0.717, 1.165) is 19.0 Å². The summed E-state index contributed by atoms with van der Waals surface area (Å²) in [5.74, 6) is -0.977. The summed E-state index contributed by atoms with van der Waals surface area (Å²) in [4.78, 5) is 28.3. The van der Waals surface area contributed by atoms with Crippen LogP contribution in [0.3, 0.4) is 0 Å². The predicted octanol–water partition coefficient (Wildman–Crippen LogP) is 2.54. The molecule has 2 amide bonds. The summed E-state index contributed by atoms with van der Waals surface area (Å²) in [6.45, 7) is 8.43. The molecule has 7 heteroatoms. The smallest absolute Gasteiger partial charge is 0.256 e. The first kappa shape index (κ1) is 19.7. The molecule has 0 bridgehead atoms. The highest BCUT2D eigenvalue weighted by molar-refractivity contribution is 6.30. The molecule has 0 saturated carbocycles. The van der Waals surface area contributed by atoms with Crippen molar-refractivity contribution in [2.45, 2.75) is 32.7 Å². The van der Waals surface area contributed by atoms with Gasteiger partial charge in [0.2, 0.25) is 5.91 Å². The van der Waals surface area contributed by atoms with E-state index in [-0.39, 0.29) is 27.9 Å². The van der Waals surface area contributed by atoms with E-state index in [2.05, 4.69) is 5.32 Å². The van der Waals surface area contributed by atoms with Crippen molar-refractivity contribution in [1.29, 1.82) is 0 Å². The maximum Gasteiger partial charge on any atom is 0.256 e. The van der Waals surface area contributed by atoms with Crippen LogP contribution in [0.15, 0.2) is 18.2 Å². The van der Waals surface area contributed by atoms with E-state index in [0.29, 0.717) is 26.2 Å². The molecular formula is C18H25ClFN3O2. The lowest BCUT2D eigenvalue weighted by Crippen LogP contribution is -2.46. The van der Waals surface area contributed by atoms with Crippen LogP contribution in [0.4, 0.5) is 4.39 Å². The van der Waals surface area contributed by atoms with Crippen molar-refractivity contribution >= 4 is 23.4 Å². The Hall–Kier alpha value is -1.66. The van der Waals surface area contributed by atoms with Crippen LogP contribution >= 0.6 is 11.6 Å². The largest absolute Gasteiger partial charge is 0.350 e. The molecule has 0 atom stereocenters. The van der Waals surface area contributed by atoms with E-state index in [1.54, 1.807) is 4.90 Å². The van der Waals surface area contributed by atoms with Crippen LogP contribution < -0.4 is 5.32 Å². The van der Waals surface area contributed by atoms with Crippen molar-refractivity contribution in [3.8, 4) is 0 Å². The summed E-state index contributed by atoms with van der Waals surface area (Å²) in [5, 5.41) is 3.20. The minimum Gasteiger partial charge on any atom is -0.350 e. The molecule has 0 unspecified atom stereocenters. The average molecular weight is 370 g/mol. The molecule has 5 nitrogen and oxygen atoms in total. The van der Waals surface area contributed by atoms with E-state index in [1.807, 2.05) is 25.7 Å². The molecular weight excluding hydrogens is 345 g/mol. The molecule has 1 aromatic rings. The Bertz CT molecular complexity index is 646. The Balaban J connectivity index is 1.94. The number of carbonyl (C=O) groups excluding carboxylic acids is 2. The van der Waals surface area contributed by atoms with Gasteiger partial charge in [-0.15, -0.1) is 0 Å². The van der Waals surface area contributed by atoms with Gasteiger partial charge in [0.15, 0.2) is 0 Å². The fraction of sp³-hybridized carbons (Fsp3) is 0.556. The Kier molecular flexibility index (Phi) is 6.41. The number of nitrogens with zero attached hydrogens (tertiary/aromatic N) is 2. The quantitative estimate of drug-likeness (QED) is 0.890. The van der Waals surface area contributed by atoms with Gasteiger partial charge in [-0.25, -0.2) is 4.39 Å². The fourth-order valence-corrected chi connectivity index (χ4v) is 2.99. The van der Waals surface area contributed by atoms with E-state index in [1.165, 1.54) is 12.1 Å². The SMILES string of the molecule is CC(C)(C)NC(=O)CN1CCCN(C(=O)c2ccc(Cl)cc2F)CC1. The van der Waals surface area contributed by atoms with Gasteiger partial charge in [0, 0.05) is 36.7 Å². The van der Waals surface area contributed by atoms with Gasteiger partial charge < -0.3 is 10.2 Å². The third kappa shape index (κ3) is 5.97. The van der Waals surface area contributed by atoms with Gasteiger partial charge in [-0.1, -0.05) is 11.6 Å². The maximum absolute atomic E-state index is 14.0. The van der Waals surface area contributed by atoms with E-state index in [4.69, 9.17) is 11.6 Å². The minimum absolute atomic E-state index is 0.0309. The fourth-order valence-electron chi connectivity index (χ4n) is 2.83. The number of halogens is 2. The molecule has 2 rings (SSSR count). The lowest BCUT2D eigenvalue weighted by molar-refractivity contribution is -0.123. The molecule has 0 radical (unpaired) electrons. The van der Waals surface area contributed by atoms with Crippen LogP contribution in [-0.4, -0.2) is 59.9 Å². The van der Waals surface area contributed by atoms with Gasteiger partial charge in [-0.3, -0.25) is 14.5 Å². The molecule has 0 spiro atoms. The molecule has 138 valence electrons. The Morgan fingerprint density at radius 2 is 1.92 bits per heavy atom. The second-order valence-corrected chi connectivity index (χ2v) is 7.78. The summed E-state index contributed by atoms with van der Waals surface area (Å²) in [6.07, 6.45) is 0.740. The number of benzene rings is 1. The molecule has 1 aliphatic rings. The van der Waals surface area contributed by atoms with Crippen LogP contribution in [0, 0.1) is 5.82 Å². The predicted molar refractivity (Wildman–Crippen MR) is 96.3 cm³/mol. The molecule has 0 aliphatic carbocycles.